The number of amides is 1. The zero-order valence-corrected chi connectivity index (χ0v) is 19.5. The fourth-order valence-electron chi connectivity index (χ4n) is 3.14. The second-order valence-corrected chi connectivity index (χ2v) is 9.47. The zero-order valence-electron chi connectivity index (χ0n) is 16.4. The summed E-state index contributed by atoms with van der Waals surface area (Å²) in [5.74, 6) is -0.803. The molecule has 0 aliphatic carbocycles. The number of aliphatic carboxylic acids is 1. The van der Waals surface area contributed by atoms with E-state index in [1.54, 1.807) is 18.2 Å². The lowest BCUT2D eigenvalue weighted by molar-refractivity contribution is -0.140. The van der Waals surface area contributed by atoms with Crippen molar-refractivity contribution in [3.63, 3.8) is 0 Å². The van der Waals surface area contributed by atoms with Crippen LogP contribution in [0.2, 0.25) is 10.0 Å². The molecule has 4 rings (SSSR count). The van der Waals surface area contributed by atoms with Crippen molar-refractivity contribution in [1.82, 2.24) is 4.90 Å². The monoisotopic (exact) mass is 503 g/mol. The number of thioether (sulfide) groups is 1. The van der Waals surface area contributed by atoms with Crippen LogP contribution in [0, 0.1) is 0 Å². The van der Waals surface area contributed by atoms with Crippen LogP contribution in [0.25, 0.3) is 16.8 Å². The van der Waals surface area contributed by atoms with Crippen LogP contribution in [0.15, 0.2) is 59.5 Å². The molecule has 32 heavy (non-hydrogen) atoms. The number of carbonyl (C=O) groups excluding carboxylic acids is 1. The SMILES string of the molecule is O=C(O)CN1C(=O)/C(=C/c2ccc3cc(OCc4ccc(Cl)cc4Cl)ccc3c2)SC1=S. The number of hydrogen-bond donors (Lipinski definition) is 1. The van der Waals surface area contributed by atoms with E-state index in [2.05, 4.69) is 0 Å². The van der Waals surface area contributed by atoms with Gasteiger partial charge < -0.3 is 9.84 Å². The second-order valence-electron chi connectivity index (χ2n) is 6.95. The van der Waals surface area contributed by atoms with Gasteiger partial charge in [0, 0.05) is 15.6 Å². The summed E-state index contributed by atoms with van der Waals surface area (Å²) < 4.78 is 6.12. The first-order valence-electron chi connectivity index (χ1n) is 9.38. The largest absolute Gasteiger partial charge is 0.489 e. The molecule has 1 saturated heterocycles. The van der Waals surface area contributed by atoms with Gasteiger partial charge in [-0.05, 0) is 52.7 Å². The van der Waals surface area contributed by atoms with Gasteiger partial charge in [-0.2, -0.15) is 0 Å². The third-order valence-corrected chi connectivity index (χ3v) is 6.67. The molecule has 1 amide bonds. The zero-order chi connectivity index (χ0) is 22.8. The highest BCUT2D eigenvalue weighted by molar-refractivity contribution is 8.26. The molecular formula is C23H15Cl2NO4S2. The average Bonchev–Trinajstić information content (AvgIpc) is 3.00. The Kier molecular flexibility index (Phi) is 6.71. The van der Waals surface area contributed by atoms with Crippen molar-refractivity contribution in [1.29, 1.82) is 0 Å². The normalized spacial score (nSPS) is 15.1. The van der Waals surface area contributed by atoms with Crippen LogP contribution in [-0.4, -0.2) is 32.7 Å². The first-order valence-corrected chi connectivity index (χ1v) is 11.4. The lowest BCUT2D eigenvalue weighted by atomic mass is 10.1. The minimum atomic E-state index is -1.11. The number of rotatable bonds is 6. The highest BCUT2D eigenvalue weighted by Crippen LogP contribution is 2.33. The summed E-state index contributed by atoms with van der Waals surface area (Å²) in [5.41, 5.74) is 1.65. The fraction of sp³-hybridized carbons (Fsp3) is 0.0870. The van der Waals surface area contributed by atoms with Gasteiger partial charge in [-0.3, -0.25) is 14.5 Å². The standard InChI is InChI=1S/C23H15Cl2NO4S2/c24-17-5-3-16(19(25)10-17)12-30-18-6-4-14-7-13(1-2-15(14)9-18)8-20-22(29)26(11-21(27)28)23(31)32-20/h1-10H,11-12H2,(H,27,28)/b20-8-. The Morgan fingerprint density at radius 1 is 1.09 bits per heavy atom. The molecule has 5 nitrogen and oxygen atoms in total. The first-order chi connectivity index (χ1) is 15.3. The van der Waals surface area contributed by atoms with Gasteiger partial charge in [0.2, 0.25) is 0 Å². The van der Waals surface area contributed by atoms with Gasteiger partial charge in [0.05, 0.1) is 4.91 Å². The molecule has 1 heterocycles. The first kappa shape index (κ1) is 22.6. The van der Waals surface area contributed by atoms with Gasteiger partial charge in [-0.1, -0.05) is 71.4 Å². The highest BCUT2D eigenvalue weighted by Gasteiger charge is 2.33. The van der Waals surface area contributed by atoms with E-state index in [1.165, 1.54) is 0 Å². The molecule has 1 aliphatic rings. The van der Waals surface area contributed by atoms with Gasteiger partial charge >= 0.3 is 5.97 Å². The van der Waals surface area contributed by atoms with E-state index in [-0.39, 0.29) is 4.32 Å². The maximum absolute atomic E-state index is 12.4. The van der Waals surface area contributed by atoms with Crippen molar-refractivity contribution in [2.24, 2.45) is 0 Å². The van der Waals surface area contributed by atoms with Crippen molar-refractivity contribution in [3.05, 3.63) is 80.7 Å². The number of nitrogens with zero attached hydrogens (tertiary/aromatic N) is 1. The molecule has 1 aliphatic heterocycles. The number of benzene rings is 3. The molecule has 9 heteroatoms. The Bertz CT molecular complexity index is 1290. The Labute approximate surface area is 203 Å². The van der Waals surface area contributed by atoms with E-state index >= 15 is 0 Å². The number of hydrogen-bond acceptors (Lipinski definition) is 5. The van der Waals surface area contributed by atoms with Crippen molar-refractivity contribution >= 4 is 80.2 Å². The van der Waals surface area contributed by atoms with Crippen molar-refractivity contribution in [2.45, 2.75) is 6.61 Å². The van der Waals surface area contributed by atoms with E-state index in [9.17, 15) is 9.59 Å². The Morgan fingerprint density at radius 3 is 2.59 bits per heavy atom. The van der Waals surface area contributed by atoms with Crippen LogP contribution in [-0.2, 0) is 16.2 Å². The number of ether oxygens (including phenoxy) is 1. The van der Waals surface area contributed by atoms with E-state index < -0.39 is 18.4 Å². The summed E-state index contributed by atoms with van der Waals surface area (Å²) in [6.07, 6.45) is 1.72. The van der Waals surface area contributed by atoms with Crippen LogP contribution in [0.1, 0.15) is 11.1 Å². The summed E-state index contributed by atoms with van der Waals surface area (Å²) in [6, 6.07) is 16.8. The molecule has 1 N–H and O–H groups in total. The minimum absolute atomic E-state index is 0.243. The van der Waals surface area contributed by atoms with Crippen molar-refractivity contribution in [2.75, 3.05) is 6.54 Å². The van der Waals surface area contributed by atoms with Crippen LogP contribution in [0.5, 0.6) is 5.75 Å². The predicted octanol–water partition coefficient (Wildman–Crippen LogP) is 6.01. The van der Waals surface area contributed by atoms with Crippen molar-refractivity contribution in [3.8, 4) is 5.75 Å². The summed E-state index contributed by atoms with van der Waals surface area (Å²) >= 11 is 18.4. The number of carboxylic acids is 1. The van der Waals surface area contributed by atoms with Gasteiger partial charge in [-0.15, -0.1) is 0 Å². The molecule has 0 aromatic heterocycles. The number of carbonyl (C=O) groups is 2. The highest BCUT2D eigenvalue weighted by atomic mass is 35.5. The molecule has 1 fully saturated rings. The van der Waals surface area contributed by atoms with E-state index in [0.717, 1.165) is 38.6 Å². The Morgan fingerprint density at radius 2 is 1.84 bits per heavy atom. The molecule has 0 spiro atoms. The summed E-state index contributed by atoms with van der Waals surface area (Å²) in [5, 5.41) is 12.0. The van der Waals surface area contributed by atoms with Gasteiger partial charge in [-0.25, -0.2) is 0 Å². The third kappa shape index (κ3) is 5.07. The molecule has 0 saturated carbocycles. The number of fused-ring (bicyclic) bond motifs is 1. The minimum Gasteiger partial charge on any atom is -0.489 e. The lowest BCUT2D eigenvalue weighted by Gasteiger charge is -2.10. The molecular weight excluding hydrogens is 489 g/mol. The summed E-state index contributed by atoms with van der Waals surface area (Å²) in [6.45, 7) is -0.123. The molecule has 3 aromatic rings. The topological polar surface area (TPSA) is 66.8 Å². The predicted molar refractivity (Wildman–Crippen MR) is 132 cm³/mol. The van der Waals surface area contributed by atoms with Gasteiger partial charge in [0.1, 0.15) is 23.2 Å². The van der Waals surface area contributed by atoms with Crippen LogP contribution in [0.3, 0.4) is 0 Å². The average molecular weight is 504 g/mol. The number of halogens is 2. The van der Waals surface area contributed by atoms with Crippen LogP contribution in [0.4, 0.5) is 0 Å². The summed E-state index contributed by atoms with van der Waals surface area (Å²) in [7, 11) is 0. The van der Waals surface area contributed by atoms with Crippen LogP contribution >= 0.6 is 47.2 Å². The van der Waals surface area contributed by atoms with E-state index in [1.807, 2.05) is 42.5 Å². The molecule has 0 unspecified atom stereocenters. The second kappa shape index (κ2) is 9.50. The quantitative estimate of drug-likeness (QED) is 0.328. The van der Waals surface area contributed by atoms with Crippen molar-refractivity contribution < 1.29 is 19.4 Å². The Hall–Kier alpha value is -2.58. The van der Waals surface area contributed by atoms with Crippen LogP contribution < -0.4 is 4.74 Å². The lowest BCUT2D eigenvalue weighted by Crippen LogP contribution is -2.33. The molecule has 0 atom stereocenters. The maximum Gasteiger partial charge on any atom is 0.323 e. The number of thiocarbonyl (C=S) groups is 1. The van der Waals surface area contributed by atoms with Gasteiger partial charge in [0.25, 0.3) is 5.91 Å². The maximum atomic E-state index is 12.4. The Balaban J connectivity index is 1.50. The fourth-order valence-corrected chi connectivity index (χ4v) is 4.86. The third-order valence-electron chi connectivity index (χ3n) is 4.71. The molecule has 162 valence electrons. The van der Waals surface area contributed by atoms with E-state index in [0.29, 0.717) is 27.3 Å². The smallest absolute Gasteiger partial charge is 0.323 e. The number of carboxylic acid groups (broad SMARTS) is 1. The molecule has 0 bridgehead atoms. The summed E-state index contributed by atoms with van der Waals surface area (Å²) in [4.78, 5) is 24.9. The van der Waals surface area contributed by atoms with Gasteiger partial charge in [0.15, 0.2) is 0 Å². The van der Waals surface area contributed by atoms with E-state index in [4.69, 9.17) is 45.3 Å². The molecule has 3 aromatic carbocycles. The molecule has 0 radical (unpaired) electrons.